The lowest BCUT2D eigenvalue weighted by Crippen LogP contribution is -2.16. The number of nitrogens with zero attached hydrogens (tertiary/aromatic N) is 3. The van der Waals surface area contributed by atoms with E-state index in [9.17, 15) is 0 Å². The number of nitrogens with one attached hydrogen (secondary N) is 1. The van der Waals surface area contributed by atoms with Crippen molar-refractivity contribution in [3.63, 3.8) is 0 Å². The Morgan fingerprint density at radius 1 is 1.28 bits per heavy atom. The molecule has 7 nitrogen and oxygen atoms in total. The SMILES string of the molecule is COc1cc2c(cc1O[C@H]1CCOC1)c(N[C@H](C)c1cccc(Br)c1C)nc1nccn12. The molecule has 32 heavy (non-hydrogen) atoms. The maximum absolute atomic E-state index is 6.24. The van der Waals surface area contributed by atoms with Gasteiger partial charge in [0.05, 0.1) is 31.9 Å². The van der Waals surface area contributed by atoms with Gasteiger partial charge in [-0.25, -0.2) is 4.98 Å². The third kappa shape index (κ3) is 3.78. The Morgan fingerprint density at radius 3 is 2.94 bits per heavy atom. The maximum atomic E-state index is 6.24. The molecule has 0 aliphatic carbocycles. The van der Waals surface area contributed by atoms with Gasteiger partial charge in [0.1, 0.15) is 11.9 Å². The van der Waals surface area contributed by atoms with E-state index in [-0.39, 0.29) is 12.1 Å². The summed E-state index contributed by atoms with van der Waals surface area (Å²) < 4.78 is 20.4. The van der Waals surface area contributed by atoms with Crippen LogP contribution in [0.5, 0.6) is 11.5 Å². The molecule has 2 aromatic carbocycles. The molecular formula is C24H25BrN4O3. The summed E-state index contributed by atoms with van der Waals surface area (Å²) in [6.07, 6.45) is 4.54. The van der Waals surface area contributed by atoms with Crippen LogP contribution in [0.2, 0.25) is 0 Å². The third-order valence-electron chi connectivity index (χ3n) is 5.94. The quantitative estimate of drug-likeness (QED) is 0.390. The molecule has 0 amide bonds. The lowest BCUT2D eigenvalue weighted by Gasteiger charge is -2.21. The van der Waals surface area contributed by atoms with Crippen molar-refractivity contribution in [1.29, 1.82) is 0 Å². The number of hydrogen-bond donors (Lipinski definition) is 1. The average Bonchev–Trinajstić information content (AvgIpc) is 3.47. The molecule has 5 rings (SSSR count). The van der Waals surface area contributed by atoms with Crippen molar-refractivity contribution in [3.8, 4) is 11.5 Å². The number of halogens is 1. The Hall–Kier alpha value is -2.84. The first-order chi connectivity index (χ1) is 15.5. The van der Waals surface area contributed by atoms with Crippen molar-refractivity contribution in [1.82, 2.24) is 14.4 Å². The summed E-state index contributed by atoms with van der Waals surface area (Å²) in [6, 6.07) is 10.3. The zero-order chi connectivity index (χ0) is 22.2. The van der Waals surface area contributed by atoms with Gasteiger partial charge in [-0.2, -0.15) is 4.98 Å². The second-order valence-electron chi connectivity index (χ2n) is 8.00. The van der Waals surface area contributed by atoms with Crippen molar-refractivity contribution in [2.45, 2.75) is 32.4 Å². The van der Waals surface area contributed by atoms with Crippen molar-refractivity contribution in [2.75, 3.05) is 25.6 Å². The van der Waals surface area contributed by atoms with Crippen LogP contribution in [0.3, 0.4) is 0 Å². The minimum Gasteiger partial charge on any atom is -0.493 e. The minimum absolute atomic E-state index is 0.0194. The zero-order valence-electron chi connectivity index (χ0n) is 18.3. The molecule has 2 atom stereocenters. The summed E-state index contributed by atoms with van der Waals surface area (Å²) >= 11 is 3.64. The van der Waals surface area contributed by atoms with Crippen molar-refractivity contribution in [3.05, 3.63) is 58.3 Å². The number of fused-ring (bicyclic) bond motifs is 3. The van der Waals surface area contributed by atoms with E-state index in [1.54, 1.807) is 13.3 Å². The van der Waals surface area contributed by atoms with Crippen LogP contribution in [-0.2, 0) is 4.74 Å². The predicted molar refractivity (Wildman–Crippen MR) is 128 cm³/mol. The van der Waals surface area contributed by atoms with Gasteiger partial charge in [-0.3, -0.25) is 4.40 Å². The molecule has 0 unspecified atom stereocenters. The first-order valence-corrected chi connectivity index (χ1v) is 11.4. The predicted octanol–water partition coefficient (Wildman–Crippen LogP) is 5.30. The fraction of sp³-hybridized carbons (Fsp3) is 0.333. The highest BCUT2D eigenvalue weighted by molar-refractivity contribution is 9.10. The summed E-state index contributed by atoms with van der Waals surface area (Å²) in [6.45, 7) is 5.55. The first kappa shape index (κ1) is 21.0. The number of methoxy groups -OCH3 is 1. The van der Waals surface area contributed by atoms with Gasteiger partial charge in [0.15, 0.2) is 11.5 Å². The lowest BCUT2D eigenvalue weighted by molar-refractivity contribution is 0.139. The highest BCUT2D eigenvalue weighted by Gasteiger charge is 2.22. The van der Waals surface area contributed by atoms with E-state index in [0.717, 1.165) is 27.6 Å². The Kier molecular flexibility index (Phi) is 5.65. The van der Waals surface area contributed by atoms with Crippen LogP contribution in [0.1, 0.15) is 30.5 Å². The van der Waals surface area contributed by atoms with Crippen molar-refractivity contribution >= 4 is 38.4 Å². The molecule has 1 saturated heterocycles. The summed E-state index contributed by atoms with van der Waals surface area (Å²) in [5, 5.41) is 4.54. The van der Waals surface area contributed by atoms with Crippen LogP contribution in [0.15, 0.2) is 47.2 Å². The molecule has 0 radical (unpaired) electrons. The standard InChI is InChI=1S/C24H25BrN4O3/c1-14-17(5-4-6-19(14)25)15(2)27-23-18-11-22(32-16-7-10-31-13-16)21(30-3)12-20(18)29-9-8-26-24(29)28-23/h4-6,8-9,11-12,15-16H,7,10,13H2,1-3H3,(H,26,27,28)/t15-,16+/m1/s1. The molecule has 1 fully saturated rings. The van der Waals surface area contributed by atoms with E-state index in [2.05, 4.69) is 58.3 Å². The molecular weight excluding hydrogens is 472 g/mol. The topological polar surface area (TPSA) is 69.9 Å². The van der Waals surface area contributed by atoms with Crippen LogP contribution < -0.4 is 14.8 Å². The lowest BCUT2D eigenvalue weighted by atomic mass is 10.0. The van der Waals surface area contributed by atoms with E-state index >= 15 is 0 Å². The number of imidazole rings is 1. The fourth-order valence-corrected chi connectivity index (χ4v) is 4.57. The van der Waals surface area contributed by atoms with Gasteiger partial charge in [0.2, 0.25) is 5.78 Å². The van der Waals surface area contributed by atoms with Crippen LogP contribution in [0.25, 0.3) is 16.7 Å². The molecule has 8 heteroatoms. The highest BCUT2D eigenvalue weighted by Crippen LogP contribution is 2.37. The normalized spacial score (nSPS) is 17.1. The molecule has 2 aromatic heterocycles. The Morgan fingerprint density at radius 2 is 2.16 bits per heavy atom. The molecule has 1 N–H and O–H groups in total. The van der Waals surface area contributed by atoms with Gasteiger partial charge < -0.3 is 19.5 Å². The highest BCUT2D eigenvalue weighted by atomic mass is 79.9. The van der Waals surface area contributed by atoms with Crippen molar-refractivity contribution < 1.29 is 14.2 Å². The van der Waals surface area contributed by atoms with Crippen LogP contribution in [0.4, 0.5) is 5.82 Å². The largest absolute Gasteiger partial charge is 0.493 e. The third-order valence-corrected chi connectivity index (χ3v) is 6.80. The summed E-state index contributed by atoms with van der Waals surface area (Å²) in [7, 11) is 1.66. The molecule has 4 aromatic rings. The smallest absolute Gasteiger partial charge is 0.236 e. The number of anilines is 1. The number of aromatic nitrogens is 3. The van der Waals surface area contributed by atoms with E-state index in [1.807, 2.05) is 22.7 Å². The minimum atomic E-state index is 0.0194. The maximum Gasteiger partial charge on any atom is 0.236 e. The monoisotopic (exact) mass is 496 g/mol. The van der Waals surface area contributed by atoms with Crippen LogP contribution in [-0.4, -0.2) is 40.8 Å². The van der Waals surface area contributed by atoms with Gasteiger partial charge in [-0.1, -0.05) is 28.1 Å². The molecule has 3 heterocycles. The Labute approximate surface area is 194 Å². The van der Waals surface area contributed by atoms with E-state index in [1.165, 1.54) is 11.1 Å². The first-order valence-electron chi connectivity index (χ1n) is 10.7. The summed E-state index contributed by atoms with van der Waals surface area (Å²) in [4.78, 5) is 9.24. The van der Waals surface area contributed by atoms with Gasteiger partial charge in [0.25, 0.3) is 0 Å². The molecule has 1 aliphatic heterocycles. The van der Waals surface area contributed by atoms with Crippen LogP contribution >= 0.6 is 15.9 Å². The van der Waals surface area contributed by atoms with Gasteiger partial charge in [-0.15, -0.1) is 0 Å². The van der Waals surface area contributed by atoms with E-state index in [4.69, 9.17) is 19.2 Å². The van der Waals surface area contributed by atoms with Crippen LogP contribution in [0, 0.1) is 6.92 Å². The molecule has 166 valence electrons. The fourth-order valence-electron chi connectivity index (χ4n) is 4.19. The van der Waals surface area contributed by atoms with Gasteiger partial charge >= 0.3 is 0 Å². The second-order valence-corrected chi connectivity index (χ2v) is 8.86. The number of hydrogen-bond acceptors (Lipinski definition) is 6. The molecule has 0 spiro atoms. The number of benzene rings is 2. The Bertz CT molecular complexity index is 1280. The summed E-state index contributed by atoms with van der Waals surface area (Å²) in [5.41, 5.74) is 3.34. The average molecular weight is 497 g/mol. The Balaban J connectivity index is 1.62. The van der Waals surface area contributed by atoms with Crippen molar-refractivity contribution in [2.24, 2.45) is 0 Å². The molecule has 0 saturated carbocycles. The number of rotatable bonds is 6. The van der Waals surface area contributed by atoms with Gasteiger partial charge in [-0.05, 0) is 37.1 Å². The zero-order valence-corrected chi connectivity index (χ0v) is 19.8. The summed E-state index contributed by atoms with van der Waals surface area (Å²) in [5.74, 6) is 2.73. The number of ether oxygens (including phenoxy) is 3. The second kappa shape index (κ2) is 8.60. The molecule has 0 bridgehead atoms. The molecule has 1 aliphatic rings. The van der Waals surface area contributed by atoms with Gasteiger partial charge in [0, 0.05) is 34.7 Å². The van der Waals surface area contributed by atoms with E-state index < -0.39 is 0 Å². The van der Waals surface area contributed by atoms with E-state index in [0.29, 0.717) is 30.5 Å².